The number of piperazine rings is 1. The summed E-state index contributed by atoms with van der Waals surface area (Å²) in [5.41, 5.74) is 2.44. The van der Waals surface area contributed by atoms with Gasteiger partial charge in [0, 0.05) is 44.0 Å². The fourth-order valence-corrected chi connectivity index (χ4v) is 3.07. The lowest BCUT2D eigenvalue weighted by atomic mass is 9.99. The molecule has 130 valence electrons. The molecule has 3 rings (SSSR count). The van der Waals surface area contributed by atoms with Crippen LogP contribution in [0.5, 0.6) is 0 Å². The standard InChI is InChI=1S/C18H25N3O3/c1-18(2,3)24-17(23)21-10-8-20(9-11-21)14-5-4-13-6-7-19-16(22)15(13)12-14/h4-5,12H,6-11H2,1-3H3,(H,19,22). The molecule has 6 heteroatoms. The first-order chi connectivity index (χ1) is 11.3. The van der Waals surface area contributed by atoms with Crippen LogP contribution in [0.15, 0.2) is 18.2 Å². The Bertz CT molecular complexity index is 643. The number of hydrogen-bond acceptors (Lipinski definition) is 4. The maximum absolute atomic E-state index is 12.1. The van der Waals surface area contributed by atoms with Crippen LogP contribution < -0.4 is 10.2 Å². The molecule has 0 radical (unpaired) electrons. The molecule has 0 atom stereocenters. The highest BCUT2D eigenvalue weighted by Gasteiger charge is 2.26. The van der Waals surface area contributed by atoms with Crippen molar-refractivity contribution in [3.05, 3.63) is 29.3 Å². The summed E-state index contributed by atoms with van der Waals surface area (Å²) in [5, 5.41) is 2.89. The zero-order chi connectivity index (χ0) is 17.3. The Labute approximate surface area is 142 Å². The molecule has 0 unspecified atom stereocenters. The van der Waals surface area contributed by atoms with E-state index >= 15 is 0 Å². The Kier molecular flexibility index (Phi) is 4.39. The molecule has 24 heavy (non-hydrogen) atoms. The highest BCUT2D eigenvalue weighted by Crippen LogP contribution is 2.23. The van der Waals surface area contributed by atoms with E-state index in [1.165, 1.54) is 0 Å². The first-order valence-electron chi connectivity index (χ1n) is 8.47. The summed E-state index contributed by atoms with van der Waals surface area (Å²) >= 11 is 0. The van der Waals surface area contributed by atoms with Gasteiger partial charge in [0.1, 0.15) is 5.60 Å². The molecule has 1 N–H and O–H groups in total. The largest absolute Gasteiger partial charge is 0.444 e. The third-order valence-corrected chi connectivity index (χ3v) is 4.31. The number of ether oxygens (including phenoxy) is 1. The fraction of sp³-hybridized carbons (Fsp3) is 0.556. The van der Waals surface area contributed by atoms with E-state index in [0.29, 0.717) is 19.6 Å². The topological polar surface area (TPSA) is 61.9 Å². The Morgan fingerprint density at radius 2 is 1.88 bits per heavy atom. The molecule has 0 spiro atoms. The van der Waals surface area contributed by atoms with E-state index in [2.05, 4.69) is 16.3 Å². The first-order valence-corrected chi connectivity index (χ1v) is 8.47. The zero-order valence-corrected chi connectivity index (χ0v) is 14.6. The number of hydrogen-bond donors (Lipinski definition) is 1. The summed E-state index contributed by atoms with van der Waals surface area (Å²) < 4.78 is 5.42. The molecular formula is C18H25N3O3. The van der Waals surface area contributed by atoms with Crippen molar-refractivity contribution in [1.82, 2.24) is 10.2 Å². The van der Waals surface area contributed by atoms with Gasteiger partial charge in [-0.2, -0.15) is 0 Å². The second-order valence-corrected chi connectivity index (χ2v) is 7.30. The predicted molar refractivity (Wildman–Crippen MR) is 92.5 cm³/mol. The highest BCUT2D eigenvalue weighted by molar-refractivity contribution is 5.97. The van der Waals surface area contributed by atoms with Crippen LogP contribution in [0.3, 0.4) is 0 Å². The van der Waals surface area contributed by atoms with Crippen LogP contribution in [0.4, 0.5) is 10.5 Å². The minimum absolute atomic E-state index is 0.00508. The van der Waals surface area contributed by atoms with E-state index in [1.54, 1.807) is 4.90 Å². The van der Waals surface area contributed by atoms with Gasteiger partial charge in [-0.25, -0.2) is 4.79 Å². The molecule has 2 heterocycles. The summed E-state index contributed by atoms with van der Waals surface area (Å²) in [7, 11) is 0. The summed E-state index contributed by atoms with van der Waals surface area (Å²) in [6.07, 6.45) is 0.625. The van der Waals surface area contributed by atoms with Crippen LogP contribution in [0.1, 0.15) is 36.7 Å². The van der Waals surface area contributed by atoms with Gasteiger partial charge in [-0.15, -0.1) is 0 Å². The highest BCUT2D eigenvalue weighted by atomic mass is 16.6. The van der Waals surface area contributed by atoms with E-state index in [9.17, 15) is 9.59 Å². The van der Waals surface area contributed by atoms with Crippen LogP contribution >= 0.6 is 0 Å². The molecule has 6 nitrogen and oxygen atoms in total. The summed E-state index contributed by atoms with van der Waals surface area (Å²) in [6, 6.07) is 6.08. The molecule has 2 aliphatic heterocycles. The van der Waals surface area contributed by atoms with Gasteiger partial charge in [-0.1, -0.05) is 6.07 Å². The van der Waals surface area contributed by atoms with Crippen LogP contribution in [-0.2, 0) is 11.2 Å². The number of benzene rings is 1. The smallest absolute Gasteiger partial charge is 0.410 e. The van der Waals surface area contributed by atoms with E-state index in [-0.39, 0.29) is 12.0 Å². The molecule has 1 saturated heterocycles. The predicted octanol–water partition coefficient (Wildman–Crippen LogP) is 2.03. The van der Waals surface area contributed by atoms with E-state index in [4.69, 9.17) is 4.74 Å². The maximum atomic E-state index is 12.1. The lowest BCUT2D eigenvalue weighted by Crippen LogP contribution is -2.50. The van der Waals surface area contributed by atoms with Crippen molar-refractivity contribution in [3.8, 4) is 0 Å². The van der Waals surface area contributed by atoms with Crippen molar-refractivity contribution in [3.63, 3.8) is 0 Å². The number of anilines is 1. The molecule has 1 aromatic carbocycles. The molecule has 1 fully saturated rings. The van der Waals surface area contributed by atoms with Crippen molar-refractivity contribution >= 4 is 17.7 Å². The van der Waals surface area contributed by atoms with Gasteiger partial charge < -0.3 is 19.9 Å². The van der Waals surface area contributed by atoms with Gasteiger partial charge in [0.2, 0.25) is 0 Å². The number of nitrogens with zero attached hydrogens (tertiary/aromatic N) is 2. The summed E-state index contributed by atoms with van der Waals surface area (Å²) in [6.45, 7) is 9.05. The molecule has 2 amide bonds. The quantitative estimate of drug-likeness (QED) is 0.855. The van der Waals surface area contributed by atoms with Crippen LogP contribution in [0.2, 0.25) is 0 Å². The Hall–Kier alpha value is -2.24. The molecule has 0 saturated carbocycles. The number of amides is 2. The lowest BCUT2D eigenvalue weighted by molar-refractivity contribution is 0.0240. The molecular weight excluding hydrogens is 306 g/mol. The van der Waals surface area contributed by atoms with Gasteiger partial charge in [-0.05, 0) is 44.9 Å². The minimum Gasteiger partial charge on any atom is -0.444 e. The van der Waals surface area contributed by atoms with Gasteiger partial charge >= 0.3 is 6.09 Å². The van der Waals surface area contributed by atoms with Crippen molar-refractivity contribution in [2.75, 3.05) is 37.6 Å². The van der Waals surface area contributed by atoms with Gasteiger partial charge in [0.25, 0.3) is 5.91 Å². The number of fused-ring (bicyclic) bond motifs is 1. The fourth-order valence-electron chi connectivity index (χ4n) is 3.07. The maximum Gasteiger partial charge on any atom is 0.410 e. The lowest BCUT2D eigenvalue weighted by Gasteiger charge is -2.37. The molecule has 0 aliphatic carbocycles. The molecule has 1 aromatic rings. The Morgan fingerprint density at radius 1 is 1.17 bits per heavy atom. The summed E-state index contributed by atoms with van der Waals surface area (Å²) in [4.78, 5) is 28.1. The van der Waals surface area contributed by atoms with Crippen LogP contribution in [-0.4, -0.2) is 55.2 Å². The Morgan fingerprint density at radius 3 is 2.54 bits per heavy atom. The number of carbonyl (C=O) groups is 2. The zero-order valence-electron chi connectivity index (χ0n) is 14.6. The van der Waals surface area contributed by atoms with E-state index in [1.807, 2.05) is 32.9 Å². The third kappa shape index (κ3) is 3.63. The molecule has 0 bridgehead atoms. The Balaban J connectivity index is 1.64. The monoisotopic (exact) mass is 331 g/mol. The number of carbonyl (C=O) groups excluding carboxylic acids is 2. The van der Waals surface area contributed by atoms with Crippen molar-refractivity contribution in [1.29, 1.82) is 0 Å². The van der Waals surface area contributed by atoms with Gasteiger partial charge in [0.15, 0.2) is 0 Å². The third-order valence-electron chi connectivity index (χ3n) is 4.31. The normalized spacial score (nSPS) is 18.0. The van der Waals surface area contributed by atoms with Crippen molar-refractivity contribution in [2.24, 2.45) is 0 Å². The second kappa shape index (κ2) is 6.34. The number of rotatable bonds is 1. The van der Waals surface area contributed by atoms with Crippen molar-refractivity contribution in [2.45, 2.75) is 32.8 Å². The van der Waals surface area contributed by atoms with Crippen LogP contribution in [0.25, 0.3) is 0 Å². The van der Waals surface area contributed by atoms with Crippen LogP contribution in [0, 0.1) is 0 Å². The van der Waals surface area contributed by atoms with Gasteiger partial charge in [0.05, 0.1) is 0 Å². The summed E-state index contributed by atoms with van der Waals surface area (Å²) in [5.74, 6) is 0.00508. The SMILES string of the molecule is CC(C)(C)OC(=O)N1CCN(c2ccc3c(c2)C(=O)NCC3)CC1. The van der Waals surface area contributed by atoms with E-state index < -0.39 is 5.60 Å². The average molecular weight is 331 g/mol. The first kappa shape index (κ1) is 16.6. The van der Waals surface area contributed by atoms with Gasteiger partial charge in [-0.3, -0.25) is 4.79 Å². The molecule has 2 aliphatic rings. The molecule has 0 aromatic heterocycles. The average Bonchev–Trinajstić information content (AvgIpc) is 2.53. The second-order valence-electron chi connectivity index (χ2n) is 7.30. The van der Waals surface area contributed by atoms with E-state index in [0.717, 1.165) is 36.3 Å². The number of nitrogens with one attached hydrogen (secondary N) is 1. The minimum atomic E-state index is -0.472. The van der Waals surface area contributed by atoms with Crippen molar-refractivity contribution < 1.29 is 14.3 Å².